The van der Waals surface area contributed by atoms with Crippen LogP contribution in [0.1, 0.15) is 12.8 Å². The first kappa shape index (κ1) is 16.1. The van der Waals surface area contributed by atoms with Gasteiger partial charge in [0.15, 0.2) is 0 Å². The third-order valence-electron chi connectivity index (χ3n) is 1.25. The number of carbonyl (C=O) groups is 2. The van der Waals surface area contributed by atoms with Gasteiger partial charge in [-0.25, -0.2) is 0 Å². The van der Waals surface area contributed by atoms with E-state index in [1.165, 1.54) is 0 Å². The molecule has 0 amide bonds. The average molecular weight is 312 g/mol. The Labute approximate surface area is 113 Å². The third kappa shape index (κ3) is 10.6. The summed E-state index contributed by atoms with van der Waals surface area (Å²) in [4.78, 5) is 20.2. The molecule has 0 aliphatic carbocycles. The van der Waals surface area contributed by atoms with Crippen LogP contribution in [0.2, 0.25) is 0 Å². The molecule has 0 aliphatic rings. The molecule has 0 rings (SSSR count). The Balaban J connectivity index is 3.46. The number of rotatable bonds is 7. The van der Waals surface area contributed by atoms with Crippen LogP contribution in [0.5, 0.6) is 0 Å². The van der Waals surface area contributed by atoms with Crippen LogP contribution < -0.4 is 0 Å². The zero-order valence-corrected chi connectivity index (χ0v) is 11.2. The number of hydrogen-bond donors (Lipinski definition) is 0. The van der Waals surface area contributed by atoms with Gasteiger partial charge in [0.05, 0.1) is 12.8 Å². The molecule has 0 fully saturated rings. The highest BCUT2D eigenvalue weighted by Crippen LogP contribution is 2.08. The molecule has 8 heteroatoms. The predicted molar refractivity (Wildman–Crippen MR) is 62.1 cm³/mol. The molecule has 0 radical (unpaired) electrons. The Morgan fingerprint density at radius 2 is 1.12 bits per heavy atom. The van der Waals surface area contributed by atoms with Crippen LogP contribution in [0.15, 0.2) is 0 Å². The van der Waals surface area contributed by atoms with Gasteiger partial charge in [0.2, 0.25) is 0 Å². The average Bonchev–Trinajstić information content (AvgIpc) is 2.10. The van der Waals surface area contributed by atoms with Crippen molar-refractivity contribution >= 4 is 58.3 Å². The van der Waals surface area contributed by atoms with E-state index in [0.29, 0.717) is 0 Å². The van der Waals surface area contributed by atoms with Crippen LogP contribution >= 0.6 is 46.4 Å². The summed E-state index contributed by atoms with van der Waals surface area (Å²) in [7, 11) is 0. The minimum atomic E-state index is -0.802. The second kappa shape index (κ2) is 9.16. The molecular formula is C8H10Cl4O4. The normalized spacial score (nSPS) is 10.6. The SMILES string of the molecule is O=C(CC(Cl)Cl)OCCOC(=O)CC(Cl)Cl. The van der Waals surface area contributed by atoms with Crippen LogP contribution in [-0.2, 0) is 19.1 Å². The Bertz CT molecular complexity index is 208. The standard InChI is InChI=1S/C8H10Cl4O4/c9-5(10)3-7(13)15-1-2-16-8(14)4-6(11)12/h5-6H,1-4H2. The van der Waals surface area contributed by atoms with Gasteiger partial charge in [0.25, 0.3) is 0 Å². The fourth-order valence-corrected chi connectivity index (χ4v) is 1.18. The number of hydrogen-bond acceptors (Lipinski definition) is 4. The number of esters is 2. The lowest BCUT2D eigenvalue weighted by Crippen LogP contribution is -2.16. The van der Waals surface area contributed by atoms with Gasteiger partial charge < -0.3 is 9.47 Å². The molecule has 0 bridgehead atoms. The monoisotopic (exact) mass is 310 g/mol. The number of alkyl halides is 4. The molecule has 4 nitrogen and oxygen atoms in total. The van der Waals surface area contributed by atoms with Crippen molar-refractivity contribution in [2.75, 3.05) is 13.2 Å². The molecule has 0 aromatic rings. The summed E-state index contributed by atoms with van der Waals surface area (Å²) in [5, 5.41) is 0. The highest BCUT2D eigenvalue weighted by molar-refractivity contribution is 6.45. The number of ether oxygens (including phenoxy) is 2. The highest BCUT2D eigenvalue weighted by atomic mass is 35.5. The minimum absolute atomic E-state index is 0.0552. The Kier molecular flexibility index (Phi) is 9.22. The van der Waals surface area contributed by atoms with E-state index in [1.807, 2.05) is 0 Å². The van der Waals surface area contributed by atoms with Gasteiger partial charge >= 0.3 is 11.9 Å². The maximum absolute atomic E-state index is 10.9. The van der Waals surface area contributed by atoms with Crippen molar-refractivity contribution in [3.05, 3.63) is 0 Å². The van der Waals surface area contributed by atoms with Crippen molar-refractivity contribution in [3.8, 4) is 0 Å². The lowest BCUT2D eigenvalue weighted by atomic mass is 10.5. The quantitative estimate of drug-likeness (QED) is 0.412. The maximum atomic E-state index is 10.9. The fourth-order valence-electron chi connectivity index (χ4n) is 0.681. The van der Waals surface area contributed by atoms with Crippen molar-refractivity contribution in [2.45, 2.75) is 22.5 Å². The van der Waals surface area contributed by atoms with Crippen molar-refractivity contribution in [2.24, 2.45) is 0 Å². The molecule has 16 heavy (non-hydrogen) atoms. The van der Waals surface area contributed by atoms with Gasteiger partial charge in [-0.1, -0.05) is 0 Å². The van der Waals surface area contributed by atoms with E-state index in [1.54, 1.807) is 0 Å². The van der Waals surface area contributed by atoms with E-state index >= 15 is 0 Å². The summed E-state index contributed by atoms with van der Waals surface area (Å²) in [5.74, 6) is -1.11. The summed E-state index contributed by atoms with van der Waals surface area (Å²) in [6.07, 6.45) is -0.217. The molecule has 0 aliphatic heterocycles. The smallest absolute Gasteiger partial charge is 0.308 e. The maximum Gasteiger partial charge on any atom is 0.308 e. The van der Waals surface area contributed by atoms with Gasteiger partial charge in [0, 0.05) is 0 Å². The lowest BCUT2D eigenvalue weighted by Gasteiger charge is -2.06. The van der Waals surface area contributed by atoms with E-state index in [4.69, 9.17) is 46.4 Å². The predicted octanol–water partition coefficient (Wildman–Crippen LogP) is 2.46. The molecule has 0 N–H and O–H groups in total. The van der Waals surface area contributed by atoms with Crippen LogP contribution in [0.25, 0.3) is 0 Å². The van der Waals surface area contributed by atoms with Gasteiger partial charge in [-0.05, 0) is 0 Å². The van der Waals surface area contributed by atoms with E-state index in [2.05, 4.69) is 9.47 Å². The van der Waals surface area contributed by atoms with E-state index in [0.717, 1.165) is 0 Å². The Morgan fingerprint density at radius 3 is 1.38 bits per heavy atom. The Hall–Kier alpha value is 0.1000. The van der Waals surface area contributed by atoms with Gasteiger partial charge in [-0.2, -0.15) is 0 Å². The second-order valence-electron chi connectivity index (χ2n) is 2.63. The summed E-state index contributed by atoms with van der Waals surface area (Å²) >= 11 is 21.4. The van der Waals surface area contributed by atoms with Gasteiger partial charge in [-0.3, -0.25) is 9.59 Å². The van der Waals surface area contributed by atoms with Crippen LogP contribution in [0.4, 0.5) is 0 Å². The molecule has 0 spiro atoms. The summed E-state index contributed by atoms with van der Waals surface area (Å²) in [6, 6.07) is 0. The lowest BCUT2D eigenvalue weighted by molar-refractivity contribution is -0.151. The molecule has 0 aromatic carbocycles. The van der Waals surface area contributed by atoms with Crippen LogP contribution in [0, 0.1) is 0 Å². The number of carbonyl (C=O) groups excluding carboxylic acids is 2. The third-order valence-corrected chi connectivity index (χ3v) is 1.87. The van der Waals surface area contributed by atoms with Gasteiger partial charge in [-0.15, -0.1) is 46.4 Å². The zero-order chi connectivity index (χ0) is 12.6. The van der Waals surface area contributed by atoms with Crippen molar-refractivity contribution in [3.63, 3.8) is 0 Å². The molecule has 0 atom stereocenters. The van der Waals surface area contributed by atoms with Crippen LogP contribution in [0.3, 0.4) is 0 Å². The zero-order valence-electron chi connectivity index (χ0n) is 8.13. The number of halogens is 4. The van der Waals surface area contributed by atoms with E-state index in [-0.39, 0.29) is 26.1 Å². The van der Waals surface area contributed by atoms with Crippen LogP contribution in [-0.4, -0.2) is 34.8 Å². The summed E-state index contributed by atoms with van der Waals surface area (Å²) < 4.78 is 9.31. The van der Waals surface area contributed by atoms with Crippen molar-refractivity contribution < 1.29 is 19.1 Å². The minimum Gasteiger partial charge on any atom is -0.462 e. The molecule has 0 aromatic heterocycles. The molecule has 0 unspecified atom stereocenters. The largest absolute Gasteiger partial charge is 0.462 e. The van der Waals surface area contributed by atoms with E-state index in [9.17, 15) is 9.59 Å². The van der Waals surface area contributed by atoms with Gasteiger partial charge in [0.1, 0.15) is 22.9 Å². The highest BCUT2D eigenvalue weighted by Gasteiger charge is 2.11. The molecule has 94 valence electrons. The van der Waals surface area contributed by atoms with Crippen molar-refractivity contribution in [1.82, 2.24) is 0 Å². The molecule has 0 saturated heterocycles. The summed E-state index contributed by atoms with van der Waals surface area (Å²) in [6.45, 7) is -0.110. The van der Waals surface area contributed by atoms with Crippen molar-refractivity contribution in [1.29, 1.82) is 0 Å². The molecule has 0 saturated carbocycles. The first-order valence-electron chi connectivity index (χ1n) is 4.29. The first-order chi connectivity index (χ1) is 7.41. The molecule has 0 heterocycles. The Morgan fingerprint density at radius 1 is 0.812 bits per heavy atom. The second-order valence-corrected chi connectivity index (χ2v) is 5.19. The molecular weight excluding hydrogens is 302 g/mol. The summed E-state index contributed by atoms with van der Waals surface area (Å²) in [5.41, 5.74) is 0. The van der Waals surface area contributed by atoms with E-state index < -0.39 is 21.6 Å². The topological polar surface area (TPSA) is 52.6 Å². The first-order valence-corrected chi connectivity index (χ1v) is 6.04. The fraction of sp³-hybridized carbons (Fsp3) is 0.750.